The number of sulfone groups is 1. The summed E-state index contributed by atoms with van der Waals surface area (Å²) in [6.07, 6.45) is 5.48. The molecule has 2 fully saturated rings. The van der Waals surface area contributed by atoms with Crippen molar-refractivity contribution < 1.29 is 18.4 Å². The van der Waals surface area contributed by atoms with Crippen LogP contribution in [0.4, 0.5) is 0 Å². The highest BCUT2D eigenvalue weighted by Gasteiger charge is 2.36. The Morgan fingerprint density at radius 1 is 1.24 bits per heavy atom. The number of amides is 1. The Bertz CT molecular complexity index is 512. The lowest BCUT2D eigenvalue weighted by atomic mass is 9.83. The van der Waals surface area contributed by atoms with Gasteiger partial charge in [-0.2, -0.15) is 0 Å². The number of carbonyl (C=O) groups is 1. The predicted molar refractivity (Wildman–Crippen MR) is 78.7 cm³/mol. The maximum absolute atomic E-state index is 12.2. The van der Waals surface area contributed by atoms with Gasteiger partial charge in [-0.05, 0) is 25.2 Å². The van der Waals surface area contributed by atoms with Crippen LogP contribution < -0.4 is 11.1 Å². The van der Waals surface area contributed by atoms with Gasteiger partial charge in [0.25, 0.3) is 0 Å². The quantitative estimate of drug-likeness (QED) is 0.296. The fourth-order valence-electron chi connectivity index (χ4n) is 3.24. The van der Waals surface area contributed by atoms with Crippen molar-refractivity contribution in [2.75, 3.05) is 11.5 Å². The van der Waals surface area contributed by atoms with Crippen molar-refractivity contribution in [3.05, 3.63) is 0 Å². The van der Waals surface area contributed by atoms with Crippen LogP contribution in [0.15, 0.2) is 5.16 Å². The molecule has 0 aromatic rings. The van der Waals surface area contributed by atoms with Crippen LogP contribution in [0.25, 0.3) is 0 Å². The minimum absolute atomic E-state index is 0.00361. The van der Waals surface area contributed by atoms with Gasteiger partial charge in [0.15, 0.2) is 15.7 Å². The van der Waals surface area contributed by atoms with E-state index in [1.807, 2.05) is 0 Å². The summed E-state index contributed by atoms with van der Waals surface area (Å²) in [7, 11) is -3.10. The second kappa shape index (κ2) is 6.64. The van der Waals surface area contributed by atoms with Gasteiger partial charge in [0.1, 0.15) is 0 Å². The molecule has 1 heterocycles. The molecule has 1 saturated heterocycles. The monoisotopic (exact) mass is 317 g/mol. The number of oxime groups is 1. The van der Waals surface area contributed by atoms with Gasteiger partial charge >= 0.3 is 0 Å². The molecule has 4 N–H and O–H groups in total. The molecular weight excluding hydrogens is 294 g/mol. The highest BCUT2D eigenvalue weighted by Crippen LogP contribution is 2.27. The number of carbonyl (C=O) groups excluding carboxylic acids is 1. The SMILES string of the molecule is NC(=NO)C(NC(=O)C1CCS(=O)(=O)C1)C1CCCCC1. The van der Waals surface area contributed by atoms with Crippen molar-refractivity contribution in [3.8, 4) is 0 Å². The Morgan fingerprint density at radius 3 is 2.43 bits per heavy atom. The number of hydrogen-bond acceptors (Lipinski definition) is 5. The molecule has 2 unspecified atom stereocenters. The van der Waals surface area contributed by atoms with Gasteiger partial charge in [-0.3, -0.25) is 4.79 Å². The average Bonchev–Trinajstić information content (AvgIpc) is 2.85. The largest absolute Gasteiger partial charge is 0.409 e. The number of nitrogens with one attached hydrogen (secondary N) is 1. The van der Waals surface area contributed by atoms with E-state index in [9.17, 15) is 13.2 Å². The van der Waals surface area contributed by atoms with Crippen LogP contribution in [-0.2, 0) is 14.6 Å². The van der Waals surface area contributed by atoms with Crippen LogP contribution in [0.1, 0.15) is 38.5 Å². The molecule has 120 valence electrons. The summed E-state index contributed by atoms with van der Waals surface area (Å²) in [5.41, 5.74) is 5.72. The lowest BCUT2D eigenvalue weighted by Crippen LogP contribution is -2.51. The van der Waals surface area contributed by atoms with Crippen molar-refractivity contribution in [1.29, 1.82) is 0 Å². The maximum Gasteiger partial charge on any atom is 0.224 e. The lowest BCUT2D eigenvalue weighted by molar-refractivity contribution is -0.124. The normalized spacial score (nSPS) is 28.2. The molecule has 1 aliphatic carbocycles. The van der Waals surface area contributed by atoms with Gasteiger partial charge in [-0.1, -0.05) is 24.4 Å². The van der Waals surface area contributed by atoms with E-state index in [1.165, 1.54) is 0 Å². The van der Waals surface area contributed by atoms with Crippen molar-refractivity contribution >= 4 is 21.6 Å². The third-order valence-corrected chi connectivity index (χ3v) is 6.22. The second-order valence-electron chi connectivity index (χ2n) is 6.01. The van der Waals surface area contributed by atoms with Crippen LogP contribution in [0.5, 0.6) is 0 Å². The Balaban J connectivity index is 2.03. The van der Waals surface area contributed by atoms with Gasteiger partial charge in [0.2, 0.25) is 5.91 Å². The summed E-state index contributed by atoms with van der Waals surface area (Å²) >= 11 is 0. The fraction of sp³-hybridized carbons (Fsp3) is 0.846. The fourth-order valence-corrected chi connectivity index (χ4v) is 4.98. The van der Waals surface area contributed by atoms with Crippen LogP contribution in [0.2, 0.25) is 0 Å². The minimum atomic E-state index is -3.10. The first-order valence-corrected chi connectivity index (χ1v) is 9.23. The summed E-state index contributed by atoms with van der Waals surface area (Å²) in [5.74, 6) is -0.728. The molecule has 1 amide bonds. The molecule has 1 aliphatic heterocycles. The molecule has 0 aromatic heterocycles. The number of rotatable bonds is 4. The van der Waals surface area contributed by atoms with Gasteiger partial charge in [0.05, 0.1) is 23.5 Å². The van der Waals surface area contributed by atoms with Gasteiger partial charge < -0.3 is 16.3 Å². The molecule has 0 bridgehead atoms. The average molecular weight is 317 g/mol. The molecule has 0 spiro atoms. The smallest absolute Gasteiger partial charge is 0.224 e. The number of nitrogens with two attached hydrogens (primary N) is 1. The molecule has 2 rings (SSSR count). The zero-order valence-corrected chi connectivity index (χ0v) is 12.8. The van der Waals surface area contributed by atoms with E-state index in [0.29, 0.717) is 6.42 Å². The number of nitrogens with zero attached hydrogens (tertiary/aromatic N) is 1. The Hall–Kier alpha value is -1.31. The van der Waals surface area contributed by atoms with Gasteiger partial charge in [-0.15, -0.1) is 0 Å². The first kappa shape index (κ1) is 16.1. The molecular formula is C13H23N3O4S. The molecule has 21 heavy (non-hydrogen) atoms. The zero-order valence-electron chi connectivity index (χ0n) is 12.0. The first-order valence-electron chi connectivity index (χ1n) is 7.41. The molecule has 0 aromatic carbocycles. The zero-order chi connectivity index (χ0) is 15.5. The third-order valence-electron chi connectivity index (χ3n) is 4.46. The second-order valence-corrected chi connectivity index (χ2v) is 8.24. The van der Waals surface area contributed by atoms with Gasteiger partial charge in [-0.25, -0.2) is 8.42 Å². The van der Waals surface area contributed by atoms with E-state index in [2.05, 4.69) is 10.5 Å². The molecule has 8 heteroatoms. The number of amidine groups is 1. The summed E-state index contributed by atoms with van der Waals surface area (Å²) in [4.78, 5) is 12.2. The first-order chi connectivity index (χ1) is 9.93. The lowest BCUT2D eigenvalue weighted by Gasteiger charge is -2.30. The van der Waals surface area contributed by atoms with Crippen LogP contribution in [0, 0.1) is 11.8 Å². The molecule has 2 atom stereocenters. The highest BCUT2D eigenvalue weighted by molar-refractivity contribution is 7.91. The maximum atomic E-state index is 12.2. The van der Waals surface area contributed by atoms with Crippen LogP contribution in [-0.4, -0.2) is 42.9 Å². The van der Waals surface area contributed by atoms with Crippen molar-refractivity contribution in [3.63, 3.8) is 0 Å². The standard InChI is InChI=1S/C13H23N3O4S/c14-12(16-18)11(9-4-2-1-3-5-9)15-13(17)10-6-7-21(19,20)8-10/h9-11,18H,1-8H2,(H2,14,16)(H,15,17). The number of hydrogen-bond donors (Lipinski definition) is 3. The third kappa shape index (κ3) is 4.09. The molecule has 2 aliphatic rings. The van der Waals surface area contributed by atoms with Crippen molar-refractivity contribution in [2.24, 2.45) is 22.7 Å². The van der Waals surface area contributed by atoms with E-state index in [-0.39, 0.29) is 29.2 Å². The molecule has 0 radical (unpaired) electrons. The molecule has 1 saturated carbocycles. The predicted octanol–water partition coefficient (Wildman–Crippen LogP) is 0.233. The van der Waals surface area contributed by atoms with Gasteiger partial charge in [0, 0.05) is 0 Å². The summed E-state index contributed by atoms with van der Waals surface area (Å²) in [6.45, 7) is 0. The van der Waals surface area contributed by atoms with Crippen LogP contribution >= 0.6 is 0 Å². The van der Waals surface area contributed by atoms with E-state index in [4.69, 9.17) is 10.9 Å². The highest BCUT2D eigenvalue weighted by atomic mass is 32.2. The van der Waals surface area contributed by atoms with E-state index in [1.54, 1.807) is 0 Å². The van der Waals surface area contributed by atoms with Crippen molar-refractivity contribution in [2.45, 2.75) is 44.6 Å². The summed E-state index contributed by atoms with van der Waals surface area (Å²) in [6, 6.07) is -0.508. The molecule has 7 nitrogen and oxygen atoms in total. The van der Waals surface area contributed by atoms with E-state index in [0.717, 1.165) is 32.1 Å². The van der Waals surface area contributed by atoms with E-state index >= 15 is 0 Å². The Morgan fingerprint density at radius 2 is 1.90 bits per heavy atom. The van der Waals surface area contributed by atoms with Crippen LogP contribution in [0.3, 0.4) is 0 Å². The van der Waals surface area contributed by atoms with E-state index < -0.39 is 21.8 Å². The summed E-state index contributed by atoms with van der Waals surface area (Å²) in [5, 5.41) is 14.7. The topological polar surface area (TPSA) is 122 Å². The Labute approximate surface area is 124 Å². The van der Waals surface area contributed by atoms with Crippen molar-refractivity contribution in [1.82, 2.24) is 5.32 Å². The Kier molecular flexibility index (Phi) is 5.08. The summed E-state index contributed by atoms with van der Waals surface area (Å²) < 4.78 is 22.9. The minimum Gasteiger partial charge on any atom is -0.409 e.